The highest BCUT2D eigenvalue weighted by molar-refractivity contribution is 6.06. The number of carbonyl (C=O) groups is 4. The summed E-state index contributed by atoms with van der Waals surface area (Å²) in [5.74, 6) is -1.56. The summed E-state index contributed by atoms with van der Waals surface area (Å²) in [6.45, 7) is 2.60. The van der Waals surface area contributed by atoms with Crippen LogP contribution in [-0.4, -0.2) is 47.4 Å². The molecule has 8 nitrogen and oxygen atoms in total. The van der Waals surface area contributed by atoms with Crippen molar-refractivity contribution in [1.82, 2.24) is 10.2 Å². The molecule has 1 saturated heterocycles. The van der Waals surface area contributed by atoms with Gasteiger partial charge >= 0.3 is 12.0 Å². The number of benzene rings is 2. The van der Waals surface area contributed by atoms with Crippen molar-refractivity contribution in [2.45, 2.75) is 25.8 Å². The molecule has 2 aromatic rings. The van der Waals surface area contributed by atoms with Gasteiger partial charge < -0.3 is 15.4 Å². The number of rotatable bonds is 7. The predicted octanol–water partition coefficient (Wildman–Crippen LogP) is 2.56. The maximum absolute atomic E-state index is 12.2. The first-order chi connectivity index (χ1) is 14.3. The first-order valence-corrected chi connectivity index (χ1v) is 9.52. The van der Waals surface area contributed by atoms with E-state index in [0.717, 1.165) is 16.0 Å². The molecule has 2 aromatic carbocycles. The molecule has 0 aliphatic carbocycles. The molecule has 0 spiro atoms. The largest absolute Gasteiger partial charge is 0.456 e. The molecular formula is C22H23N3O5. The average molecular weight is 409 g/mol. The third-order valence-corrected chi connectivity index (χ3v) is 4.63. The van der Waals surface area contributed by atoms with Crippen LogP contribution in [-0.2, 0) is 19.1 Å². The molecule has 156 valence electrons. The van der Waals surface area contributed by atoms with Crippen LogP contribution in [0, 0.1) is 0 Å². The zero-order chi connectivity index (χ0) is 21.7. The van der Waals surface area contributed by atoms with E-state index in [2.05, 4.69) is 10.6 Å². The van der Waals surface area contributed by atoms with Crippen LogP contribution >= 0.6 is 0 Å². The number of hydrogen-bond acceptors (Lipinski definition) is 5. The first-order valence-electron chi connectivity index (χ1n) is 9.52. The van der Waals surface area contributed by atoms with Crippen LogP contribution in [0.2, 0.25) is 0 Å². The zero-order valence-corrected chi connectivity index (χ0v) is 16.8. The third kappa shape index (κ3) is 4.83. The summed E-state index contributed by atoms with van der Waals surface area (Å²) < 4.78 is 4.98. The molecule has 1 aliphatic heterocycles. The number of imide groups is 1. The molecule has 1 heterocycles. The van der Waals surface area contributed by atoms with E-state index in [4.69, 9.17) is 4.74 Å². The summed E-state index contributed by atoms with van der Waals surface area (Å²) in [5.41, 5.74) is 1.40. The highest BCUT2D eigenvalue weighted by Crippen LogP contribution is 2.27. The lowest BCUT2D eigenvalue weighted by molar-refractivity contribution is -0.147. The van der Waals surface area contributed by atoms with E-state index in [9.17, 15) is 19.2 Å². The topological polar surface area (TPSA) is 105 Å². The van der Waals surface area contributed by atoms with Gasteiger partial charge in [0.05, 0.1) is 6.42 Å². The van der Waals surface area contributed by atoms with Gasteiger partial charge in [0.1, 0.15) is 5.54 Å². The summed E-state index contributed by atoms with van der Waals surface area (Å²) in [6.07, 6.45) is -0.191. The number of anilines is 1. The Bertz CT molecular complexity index is 972. The lowest BCUT2D eigenvalue weighted by Crippen LogP contribution is -2.40. The van der Waals surface area contributed by atoms with Crippen molar-refractivity contribution >= 4 is 29.5 Å². The van der Waals surface area contributed by atoms with Gasteiger partial charge in [-0.2, -0.15) is 0 Å². The number of urea groups is 1. The Morgan fingerprint density at radius 3 is 2.37 bits per heavy atom. The number of hydrogen-bond donors (Lipinski definition) is 2. The predicted molar refractivity (Wildman–Crippen MR) is 110 cm³/mol. The van der Waals surface area contributed by atoms with Crippen LogP contribution in [0.1, 0.15) is 20.3 Å². The highest BCUT2D eigenvalue weighted by atomic mass is 16.5. The Morgan fingerprint density at radius 1 is 1.03 bits per heavy atom. The lowest BCUT2D eigenvalue weighted by Gasteiger charge is -2.15. The van der Waals surface area contributed by atoms with Crippen molar-refractivity contribution in [3.05, 3.63) is 54.6 Å². The van der Waals surface area contributed by atoms with Crippen molar-refractivity contribution in [2.24, 2.45) is 0 Å². The normalized spacial score (nSPS) is 14.9. The fraction of sp³-hybridized carbons (Fsp3) is 0.273. The van der Waals surface area contributed by atoms with Crippen molar-refractivity contribution in [1.29, 1.82) is 0 Å². The van der Waals surface area contributed by atoms with Crippen LogP contribution in [0.25, 0.3) is 11.1 Å². The number of ether oxygens (including phenoxy) is 1. The smallest absolute Gasteiger partial charge is 0.325 e. The second kappa shape index (κ2) is 8.77. The molecular weight excluding hydrogens is 386 g/mol. The number of para-hydroxylation sites is 1. The standard InChI is InChI=1S/C22H23N3O5/c1-22(2)20(28)25(21(29)24-22)13-12-19(27)30-14-18(26)23-17-11-7-6-10-16(17)15-8-4-3-5-9-15/h3-11H,12-14H2,1-2H3,(H,23,26)(H,24,29). The minimum atomic E-state index is -0.993. The molecule has 0 unspecified atom stereocenters. The number of esters is 1. The van der Waals surface area contributed by atoms with E-state index in [1.165, 1.54) is 0 Å². The lowest BCUT2D eigenvalue weighted by atomic mass is 10.0. The third-order valence-electron chi connectivity index (χ3n) is 4.63. The van der Waals surface area contributed by atoms with Gasteiger partial charge in [-0.05, 0) is 25.5 Å². The quantitative estimate of drug-likeness (QED) is 0.540. The summed E-state index contributed by atoms with van der Waals surface area (Å²) in [5, 5.41) is 5.28. The van der Waals surface area contributed by atoms with E-state index in [-0.39, 0.29) is 13.0 Å². The minimum absolute atomic E-state index is 0.106. The van der Waals surface area contributed by atoms with Crippen LogP contribution in [0.4, 0.5) is 10.5 Å². The molecule has 8 heteroatoms. The molecule has 30 heavy (non-hydrogen) atoms. The molecule has 1 aliphatic rings. The Morgan fingerprint density at radius 2 is 1.70 bits per heavy atom. The van der Waals surface area contributed by atoms with E-state index in [1.54, 1.807) is 26.0 Å². The average Bonchev–Trinajstić information content (AvgIpc) is 2.92. The molecule has 3 rings (SSSR count). The monoisotopic (exact) mass is 409 g/mol. The Labute approximate surface area is 174 Å². The molecule has 2 N–H and O–H groups in total. The SMILES string of the molecule is CC1(C)NC(=O)N(CCC(=O)OCC(=O)Nc2ccccc2-c2ccccc2)C1=O. The van der Waals surface area contributed by atoms with Gasteiger partial charge in [0.15, 0.2) is 6.61 Å². The van der Waals surface area contributed by atoms with Gasteiger partial charge in [-0.3, -0.25) is 19.3 Å². The molecule has 0 radical (unpaired) electrons. The number of carbonyl (C=O) groups excluding carboxylic acids is 4. The number of nitrogens with zero attached hydrogens (tertiary/aromatic N) is 1. The van der Waals surface area contributed by atoms with Crippen LogP contribution in [0.5, 0.6) is 0 Å². The van der Waals surface area contributed by atoms with Gasteiger partial charge in [-0.1, -0.05) is 48.5 Å². The fourth-order valence-electron chi connectivity index (χ4n) is 3.09. The fourth-order valence-corrected chi connectivity index (χ4v) is 3.09. The van der Waals surface area contributed by atoms with Crippen molar-refractivity contribution in [2.75, 3.05) is 18.5 Å². The van der Waals surface area contributed by atoms with Crippen LogP contribution in [0.3, 0.4) is 0 Å². The minimum Gasteiger partial charge on any atom is -0.456 e. The Balaban J connectivity index is 1.50. The summed E-state index contributed by atoms with van der Waals surface area (Å²) in [4.78, 5) is 49.1. The first kappa shape index (κ1) is 21.0. The number of amides is 4. The van der Waals surface area contributed by atoms with Gasteiger partial charge in [0.2, 0.25) is 0 Å². The summed E-state index contributed by atoms with van der Waals surface area (Å²) >= 11 is 0. The summed E-state index contributed by atoms with van der Waals surface area (Å²) in [7, 11) is 0. The van der Waals surface area contributed by atoms with E-state index in [1.807, 2.05) is 42.5 Å². The van der Waals surface area contributed by atoms with Crippen molar-refractivity contribution < 1.29 is 23.9 Å². The van der Waals surface area contributed by atoms with Crippen molar-refractivity contribution in [3.63, 3.8) is 0 Å². The molecule has 0 aromatic heterocycles. The highest BCUT2D eigenvalue weighted by Gasteiger charge is 2.44. The Kier molecular flexibility index (Phi) is 6.15. The van der Waals surface area contributed by atoms with E-state index < -0.39 is 36.0 Å². The maximum Gasteiger partial charge on any atom is 0.325 e. The van der Waals surface area contributed by atoms with Gasteiger partial charge in [-0.15, -0.1) is 0 Å². The van der Waals surface area contributed by atoms with Crippen molar-refractivity contribution in [3.8, 4) is 11.1 Å². The summed E-state index contributed by atoms with van der Waals surface area (Å²) in [6, 6.07) is 16.4. The maximum atomic E-state index is 12.2. The molecule has 0 atom stereocenters. The Hall–Kier alpha value is -3.68. The van der Waals surface area contributed by atoms with Gasteiger partial charge in [0.25, 0.3) is 11.8 Å². The second-order valence-corrected chi connectivity index (χ2v) is 7.38. The van der Waals surface area contributed by atoms with Crippen LogP contribution in [0.15, 0.2) is 54.6 Å². The van der Waals surface area contributed by atoms with Gasteiger partial charge in [0, 0.05) is 17.8 Å². The molecule has 0 bridgehead atoms. The van der Waals surface area contributed by atoms with E-state index >= 15 is 0 Å². The number of nitrogens with one attached hydrogen (secondary N) is 2. The zero-order valence-electron chi connectivity index (χ0n) is 16.8. The second-order valence-electron chi connectivity index (χ2n) is 7.38. The molecule has 1 fully saturated rings. The van der Waals surface area contributed by atoms with Gasteiger partial charge in [-0.25, -0.2) is 4.79 Å². The van der Waals surface area contributed by atoms with Crippen LogP contribution < -0.4 is 10.6 Å². The van der Waals surface area contributed by atoms with E-state index in [0.29, 0.717) is 5.69 Å². The molecule has 0 saturated carbocycles. The molecule has 4 amide bonds.